The lowest BCUT2D eigenvalue weighted by molar-refractivity contribution is -0.123. The predicted octanol–water partition coefficient (Wildman–Crippen LogP) is 3.37. The fourth-order valence-electron chi connectivity index (χ4n) is 3.71. The van der Waals surface area contributed by atoms with Crippen molar-refractivity contribution in [1.29, 1.82) is 0 Å². The Morgan fingerprint density at radius 3 is 2.63 bits per heavy atom. The maximum atomic E-state index is 13.8. The van der Waals surface area contributed by atoms with Gasteiger partial charge in [0.25, 0.3) is 0 Å². The summed E-state index contributed by atoms with van der Waals surface area (Å²) < 4.78 is 13.8. The average molecular weight is 372 g/mol. The molecule has 0 spiro atoms. The molecule has 1 aromatic carbocycles. The van der Waals surface area contributed by atoms with Gasteiger partial charge in [0.05, 0.1) is 11.9 Å². The van der Waals surface area contributed by atoms with E-state index in [9.17, 15) is 19.4 Å². The van der Waals surface area contributed by atoms with E-state index < -0.39 is 5.60 Å². The van der Waals surface area contributed by atoms with Crippen LogP contribution in [-0.4, -0.2) is 27.1 Å². The molecule has 0 aliphatic heterocycles. The minimum Gasteiger partial charge on any atom is -0.506 e. The highest BCUT2D eigenvalue weighted by Gasteiger charge is 2.36. The van der Waals surface area contributed by atoms with Crippen molar-refractivity contribution in [2.24, 2.45) is 0 Å². The fraction of sp³-hybridized carbons (Fsp3) is 0.429. The van der Waals surface area contributed by atoms with Gasteiger partial charge in [0, 0.05) is 12.5 Å². The van der Waals surface area contributed by atoms with E-state index in [-0.39, 0.29) is 35.9 Å². The molecule has 0 bridgehead atoms. The van der Waals surface area contributed by atoms with Gasteiger partial charge in [-0.1, -0.05) is 25.1 Å². The van der Waals surface area contributed by atoms with Crippen molar-refractivity contribution in [3.63, 3.8) is 0 Å². The molecule has 2 aromatic rings. The van der Waals surface area contributed by atoms with Crippen LogP contribution < -0.4 is 5.32 Å². The second-order valence-corrected chi connectivity index (χ2v) is 7.40. The Kier molecular flexibility index (Phi) is 5.75. The van der Waals surface area contributed by atoms with E-state index in [2.05, 4.69) is 10.3 Å². The first kappa shape index (κ1) is 19.3. The number of hydrogen-bond acceptors (Lipinski definition) is 4. The first-order valence-corrected chi connectivity index (χ1v) is 9.29. The summed E-state index contributed by atoms with van der Waals surface area (Å²) >= 11 is 0. The van der Waals surface area contributed by atoms with E-state index in [1.807, 2.05) is 6.92 Å². The zero-order chi connectivity index (χ0) is 19.4. The predicted molar refractivity (Wildman–Crippen MR) is 99.6 cm³/mol. The number of aromatic nitrogens is 1. The van der Waals surface area contributed by atoms with E-state index in [4.69, 9.17) is 0 Å². The van der Waals surface area contributed by atoms with Crippen LogP contribution in [0.15, 0.2) is 42.6 Å². The Labute approximate surface area is 158 Å². The second kappa shape index (κ2) is 8.05. The van der Waals surface area contributed by atoms with E-state index in [1.165, 1.54) is 18.3 Å². The lowest BCUT2D eigenvalue weighted by Crippen LogP contribution is -2.42. The largest absolute Gasteiger partial charge is 0.506 e. The molecule has 1 heterocycles. The van der Waals surface area contributed by atoms with Gasteiger partial charge in [0.15, 0.2) is 0 Å². The molecule has 0 radical (unpaired) electrons. The number of halogens is 1. The molecule has 1 aliphatic carbocycles. The van der Waals surface area contributed by atoms with Crippen molar-refractivity contribution in [1.82, 2.24) is 10.3 Å². The van der Waals surface area contributed by atoms with Gasteiger partial charge in [0.2, 0.25) is 5.91 Å². The van der Waals surface area contributed by atoms with Crippen LogP contribution in [0.2, 0.25) is 0 Å². The van der Waals surface area contributed by atoms with Crippen molar-refractivity contribution in [2.75, 3.05) is 0 Å². The van der Waals surface area contributed by atoms with Crippen LogP contribution in [0.1, 0.15) is 56.2 Å². The van der Waals surface area contributed by atoms with Crippen LogP contribution in [0, 0.1) is 5.82 Å². The highest BCUT2D eigenvalue weighted by Crippen LogP contribution is 2.36. The first-order valence-electron chi connectivity index (χ1n) is 9.29. The number of hydrogen-bond donors (Lipinski definition) is 3. The number of nitrogens with zero attached hydrogens (tertiary/aromatic N) is 1. The summed E-state index contributed by atoms with van der Waals surface area (Å²) in [4.78, 5) is 16.5. The smallest absolute Gasteiger partial charge is 0.220 e. The summed E-state index contributed by atoms with van der Waals surface area (Å²) in [6, 6.07) is 9.65. The summed E-state index contributed by atoms with van der Waals surface area (Å²) in [5.74, 6) is -0.536. The van der Waals surface area contributed by atoms with Crippen LogP contribution in [0.3, 0.4) is 0 Å². The SMILES string of the molecule is CC(CC(=O)NC1CCC(O)(c2ccc(O)cn2)CC1)c1ccccc1F. The number of nitrogens with one attached hydrogen (secondary N) is 1. The van der Waals surface area contributed by atoms with Gasteiger partial charge in [-0.25, -0.2) is 4.39 Å². The Bertz CT molecular complexity index is 786. The summed E-state index contributed by atoms with van der Waals surface area (Å²) in [5, 5.41) is 23.2. The minimum absolute atomic E-state index is 0.0114. The van der Waals surface area contributed by atoms with Crippen molar-refractivity contribution in [3.05, 3.63) is 59.7 Å². The first-order chi connectivity index (χ1) is 12.9. The van der Waals surface area contributed by atoms with Gasteiger partial charge >= 0.3 is 0 Å². The number of carbonyl (C=O) groups excluding carboxylic acids is 1. The number of aromatic hydroxyl groups is 1. The van der Waals surface area contributed by atoms with Gasteiger partial charge in [0.1, 0.15) is 17.2 Å². The van der Waals surface area contributed by atoms with Crippen LogP contribution in [0.5, 0.6) is 5.75 Å². The number of benzene rings is 1. The van der Waals surface area contributed by atoms with Gasteiger partial charge in [-0.05, 0) is 55.4 Å². The quantitative estimate of drug-likeness (QED) is 0.752. The van der Waals surface area contributed by atoms with Crippen molar-refractivity contribution in [2.45, 2.75) is 56.6 Å². The van der Waals surface area contributed by atoms with Gasteiger partial charge < -0.3 is 15.5 Å². The number of rotatable bonds is 5. The summed E-state index contributed by atoms with van der Waals surface area (Å²) in [6.07, 6.45) is 3.79. The van der Waals surface area contributed by atoms with E-state index in [0.717, 1.165) is 0 Å². The molecule has 1 aromatic heterocycles. The van der Waals surface area contributed by atoms with Crippen LogP contribution in [-0.2, 0) is 10.4 Å². The molecule has 5 nitrogen and oxygen atoms in total. The third kappa shape index (κ3) is 4.63. The monoisotopic (exact) mass is 372 g/mol. The summed E-state index contributed by atoms with van der Waals surface area (Å²) in [6.45, 7) is 1.84. The molecule has 144 valence electrons. The van der Waals surface area contributed by atoms with Gasteiger partial charge in [-0.15, -0.1) is 0 Å². The molecular formula is C21H25FN2O3. The normalized spacial score (nSPS) is 23.6. The Morgan fingerprint density at radius 1 is 1.30 bits per heavy atom. The number of aliphatic hydroxyl groups is 1. The highest BCUT2D eigenvalue weighted by atomic mass is 19.1. The molecule has 1 saturated carbocycles. The van der Waals surface area contributed by atoms with Crippen molar-refractivity contribution >= 4 is 5.91 Å². The standard InChI is InChI=1S/C21H25FN2O3/c1-14(17-4-2-3-5-18(17)22)12-20(26)24-15-8-10-21(27,11-9-15)19-7-6-16(25)13-23-19/h2-7,13-15,25,27H,8-12H2,1H3,(H,24,26). The average Bonchev–Trinajstić information content (AvgIpc) is 2.64. The molecule has 0 saturated heterocycles. The van der Waals surface area contributed by atoms with Crippen molar-refractivity contribution < 1.29 is 19.4 Å². The minimum atomic E-state index is -1.03. The molecule has 1 aliphatic rings. The number of carbonyl (C=O) groups is 1. The van der Waals surface area contributed by atoms with E-state index in [1.54, 1.807) is 24.3 Å². The van der Waals surface area contributed by atoms with Gasteiger partial charge in [-0.3, -0.25) is 9.78 Å². The van der Waals surface area contributed by atoms with E-state index in [0.29, 0.717) is 36.9 Å². The molecule has 1 unspecified atom stereocenters. The topological polar surface area (TPSA) is 82.5 Å². The maximum Gasteiger partial charge on any atom is 0.220 e. The Hall–Kier alpha value is -2.47. The summed E-state index contributed by atoms with van der Waals surface area (Å²) in [5.41, 5.74) is 0.0531. The van der Waals surface area contributed by atoms with Crippen LogP contribution in [0.25, 0.3) is 0 Å². The van der Waals surface area contributed by atoms with Crippen LogP contribution in [0.4, 0.5) is 4.39 Å². The Morgan fingerprint density at radius 2 is 2.00 bits per heavy atom. The second-order valence-electron chi connectivity index (χ2n) is 7.40. The number of amides is 1. The maximum absolute atomic E-state index is 13.8. The zero-order valence-corrected chi connectivity index (χ0v) is 15.4. The fourth-order valence-corrected chi connectivity index (χ4v) is 3.71. The zero-order valence-electron chi connectivity index (χ0n) is 15.4. The lowest BCUT2D eigenvalue weighted by Gasteiger charge is -2.36. The van der Waals surface area contributed by atoms with Crippen LogP contribution >= 0.6 is 0 Å². The highest BCUT2D eigenvalue weighted by molar-refractivity contribution is 5.77. The lowest BCUT2D eigenvalue weighted by atomic mass is 9.79. The third-order valence-corrected chi connectivity index (χ3v) is 5.33. The molecule has 6 heteroatoms. The third-order valence-electron chi connectivity index (χ3n) is 5.33. The Balaban J connectivity index is 1.52. The van der Waals surface area contributed by atoms with Gasteiger partial charge in [-0.2, -0.15) is 0 Å². The number of pyridine rings is 1. The molecule has 3 rings (SSSR count). The summed E-state index contributed by atoms with van der Waals surface area (Å²) in [7, 11) is 0. The molecule has 1 fully saturated rings. The molecule has 27 heavy (non-hydrogen) atoms. The van der Waals surface area contributed by atoms with E-state index >= 15 is 0 Å². The molecule has 3 N–H and O–H groups in total. The van der Waals surface area contributed by atoms with Crippen molar-refractivity contribution in [3.8, 4) is 5.75 Å². The molecule has 1 atom stereocenters. The molecule has 1 amide bonds. The molecular weight excluding hydrogens is 347 g/mol.